The molecule has 0 aromatic heterocycles. The van der Waals surface area contributed by atoms with Gasteiger partial charge < -0.3 is 9.64 Å². The first-order valence-electron chi connectivity index (χ1n) is 20.5. The molecule has 1 aliphatic rings. The number of hydrogen-bond donors (Lipinski definition) is 0. The van der Waals surface area contributed by atoms with Crippen LogP contribution < -0.4 is 9.64 Å². The van der Waals surface area contributed by atoms with E-state index in [1.54, 1.807) is 0 Å². The molecular weight excluding hydrogens is 727 g/mol. The van der Waals surface area contributed by atoms with E-state index < -0.39 is 0 Å². The van der Waals surface area contributed by atoms with Crippen molar-refractivity contribution in [3.05, 3.63) is 237 Å². The van der Waals surface area contributed by atoms with E-state index >= 15 is 0 Å². The lowest BCUT2D eigenvalue weighted by Crippen LogP contribution is -2.11. The van der Waals surface area contributed by atoms with Crippen LogP contribution in [0.3, 0.4) is 0 Å². The van der Waals surface area contributed by atoms with Crippen molar-refractivity contribution < 1.29 is 4.74 Å². The molecule has 0 saturated carbocycles. The normalized spacial score (nSPS) is 11.5. The van der Waals surface area contributed by atoms with Crippen molar-refractivity contribution in [2.75, 3.05) is 4.90 Å². The predicted octanol–water partition coefficient (Wildman–Crippen LogP) is 16.4. The molecule has 0 N–H and O–H groups in total. The minimum atomic E-state index is 0.814. The Labute approximate surface area is 350 Å². The van der Waals surface area contributed by atoms with Gasteiger partial charge in [0.1, 0.15) is 11.5 Å². The summed E-state index contributed by atoms with van der Waals surface area (Å²) < 4.78 is 7.11. The molecule has 0 amide bonds. The molecule has 60 heavy (non-hydrogen) atoms. The highest BCUT2D eigenvalue weighted by Gasteiger charge is 2.27. The molecule has 0 bridgehead atoms. The number of hydrogen-bond acceptors (Lipinski definition) is 2. The summed E-state index contributed by atoms with van der Waals surface area (Å²) in [6.45, 7) is 0. The number of rotatable bonds is 7. The Hall–Kier alpha value is -7.94. The van der Waals surface area contributed by atoms with Gasteiger partial charge in [0.05, 0.1) is 5.69 Å². The fourth-order valence-corrected chi connectivity index (χ4v) is 8.64. The number of nitrogens with zero attached hydrogens (tertiary/aromatic N) is 1. The Morgan fingerprint density at radius 3 is 1.20 bits per heavy atom. The molecule has 10 aromatic carbocycles. The van der Waals surface area contributed by atoms with Gasteiger partial charge in [-0.25, -0.2) is 0 Å². The van der Waals surface area contributed by atoms with Gasteiger partial charge in [-0.15, -0.1) is 0 Å². The molecule has 0 spiro atoms. The molecular formula is C58H39NO. The molecule has 0 aliphatic carbocycles. The fraction of sp³-hybridized carbons (Fsp3) is 0. The topological polar surface area (TPSA) is 12.5 Å². The Morgan fingerprint density at radius 1 is 0.267 bits per heavy atom. The van der Waals surface area contributed by atoms with E-state index in [-0.39, 0.29) is 0 Å². The van der Waals surface area contributed by atoms with E-state index in [0.29, 0.717) is 0 Å². The maximum atomic E-state index is 7.11. The highest BCUT2D eigenvalue weighted by atomic mass is 16.5. The van der Waals surface area contributed by atoms with Gasteiger partial charge in [-0.2, -0.15) is 0 Å². The van der Waals surface area contributed by atoms with Gasteiger partial charge in [-0.3, -0.25) is 0 Å². The molecule has 0 radical (unpaired) electrons. The van der Waals surface area contributed by atoms with Crippen LogP contribution in [0.2, 0.25) is 0 Å². The monoisotopic (exact) mass is 765 g/mol. The van der Waals surface area contributed by atoms with E-state index in [2.05, 4.69) is 241 Å². The Kier molecular flexibility index (Phi) is 8.87. The van der Waals surface area contributed by atoms with Crippen LogP contribution in [0.15, 0.2) is 237 Å². The van der Waals surface area contributed by atoms with Crippen molar-refractivity contribution in [3.8, 4) is 78.3 Å². The second-order valence-corrected chi connectivity index (χ2v) is 15.3. The van der Waals surface area contributed by atoms with E-state index in [0.717, 1.165) is 67.5 Å². The zero-order valence-electron chi connectivity index (χ0n) is 32.9. The minimum Gasteiger partial charge on any atom is -0.456 e. The van der Waals surface area contributed by atoms with E-state index in [1.807, 2.05) is 0 Å². The number of ether oxygens (including phenoxy) is 1. The smallest absolute Gasteiger partial charge is 0.137 e. The molecule has 2 heteroatoms. The van der Waals surface area contributed by atoms with Crippen LogP contribution >= 0.6 is 0 Å². The van der Waals surface area contributed by atoms with Gasteiger partial charge in [0, 0.05) is 22.5 Å². The Balaban J connectivity index is 1.08. The Bertz CT molecular complexity index is 3120. The van der Waals surface area contributed by atoms with Crippen molar-refractivity contribution in [1.29, 1.82) is 0 Å². The summed E-state index contributed by atoms with van der Waals surface area (Å²) in [5.74, 6) is 1.65. The van der Waals surface area contributed by atoms with Crippen LogP contribution in [-0.4, -0.2) is 0 Å². The fourth-order valence-electron chi connectivity index (χ4n) is 8.64. The van der Waals surface area contributed by atoms with Crippen molar-refractivity contribution >= 4 is 27.8 Å². The SMILES string of the molecule is c1ccc(-c2ccc(-c3ccc(N(c4ccc(-c5ccccc5)cc4)c4cccc5c4-c4cc6ccccc6cc4-c4ccc(-c6ccccc6)cc4O5)cc3)cc2)cc1. The molecule has 282 valence electrons. The zero-order chi connectivity index (χ0) is 39.8. The molecule has 0 fully saturated rings. The second-order valence-electron chi connectivity index (χ2n) is 15.3. The van der Waals surface area contributed by atoms with Crippen LogP contribution in [0.5, 0.6) is 11.5 Å². The summed E-state index contributed by atoms with van der Waals surface area (Å²) in [7, 11) is 0. The number of anilines is 3. The van der Waals surface area contributed by atoms with E-state index in [4.69, 9.17) is 4.74 Å². The first kappa shape index (κ1) is 35.2. The molecule has 2 nitrogen and oxygen atoms in total. The molecule has 0 saturated heterocycles. The summed E-state index contributed by atoms with van der Waals surface area (Å²) in [4.78, 5) is 2.38. The highest BCUT2D eigenvalue weighted by molar-refractivity contribution is 6.04. The Morgan fingerprint density at radius 2 is 0.683 bits per heavy atom. The van der Waals surface area contributed by atoms with Crippen LogP contribution in [-0.2, 0) is 0 Å². The molecule has 0 unspecified atom stereocenters. The third-order valence-electron chi connectivity index (χ3n) is 11.7. The molecule has 1 heterocycles. The maximum absolute atomic E-state index is 7.11. The van der Waals surface area contributed by atoms with Crippen LogP contribution in [0, 0.1) is 0 Å². The third kappa shape index (κ3) is 6.51. The molecule has 10 aromatic rings. The number of fused-ring (bicyclic) bond motifs is 6. The lowest BCUT2D eigenvalue weighted by Gasteiger charge is -2.29. The summed E-state index contributed by atoms with van der Waals surface area (Å²) in [6, 6.07) is 84.7. The van der Waals surface area contributed by atoms with Gasteiger partial charge in [0.25, 0.3) is 0 Å². The standard InChI is InChI=1S/C58H39NO/c1-4-13-40(14-5-1)43-23-25-44(26-24-43)46-29-34-51(35-30-46)59(50-32-27-45(28-33-50)41-15-6-2-7-16-41)55-21-12-22-56-58(55)54-38-48-20-11-10-19-47(48)37-53(54)52-36-31-49(39-57(52)60-56)42-17-8-3-9-18-42/h1-39H. The number of benzene rings is 10. The molecule has 1 aliphatic heterocycles. The average Bonchev–Trinajstić information content (AvgIpc) is 3.46. The van der Waals surface area contributed by atoms with Crippen LogP contribution in [0.1, 0.15) is 0 Å². The van der Waals surface area contributed by atoms with Crippen LogP contribution in [0.25, 0.3) is 77.5 Å². The summed E-state index contributed by atoms with van der Waals surface area (Å²) in [6.07, 6.45) is 0. The largest absolute Gasteiger partial charge is 0.456 e. The lowest BCUT2D eigenvalue weighted by atomic mass is 9.89. The first-order valence-corrected chi connectivity index (χ1v) is 20.5. The van der Waals surface area contributed by atoms with Crippen molar-refractivity contribution in [3.63, 3.8) is 0 Å². The average molecular weight is 766 g/mol. The zero-order valence-corrected chi connectivity index (χ0v) is 32.9. The van der Waals surface area contributed by atoms with Crippen molar-refractivity contribution in [2.24, 2.45) is 0 Å². The van der Waals surface area contributed by atoms with E-state index in [9.17, 15) is 0 Å². The third-order valence-corrected chi connectivity index (χ3v) is 11.7. The maximum Gasteiger partial charge on any atom is 0.137 e. The van der Waals surface area contributed by atoms with Crippen LogP contribution in [0.4, 0.5) is 17.1 Å². The van der Waals surface area contributed by atoms with Gasteiger partial charge in [-0.05, 0) is 127 Å². The highest BCUT2D eigenvalue weighted by Crippen LogP contribution is 2.54. The quantitative estimate of drug-likeness (QED) is 0.160. The summed E-state index contributed by atoms with van der Waals surface area (Å²) >= 11 is 0. The lowest BCUT2D eigenvalue weighted by molar-refractivity contribution is 0.488. The second kappa shape index (κ2) is 15.1. The van der Waals surface area contributed by atoms with E-state index in [1.165, 1.54) is 38.6 Å². The first-order chi connectivity index (χ1) is 29.7. The predicted molar refractivity (Wildman–Crippen MR) is 251 cm³/mol. The molecule has 11 rings (SSSR count). The van der Waals surface area contributed by atoms with Gasteiger partial charge in [-0.1, -0.05) is 176 Å². The van der Waals surface area contributed by atoms with Crippen molar-refractivity contribution in [2.45, 2.75) is 0 Å². The van der Waals surface area contributed by atoms with Gasteiger partial charge in [0.15, 0.2) is 0 Å². The molecule has 0 atom stereocenters. The van der Waals surface area contributed by atoms with Crippen molar-refractivity contribution in [1.82, 2.24) is 0 Å². The van der Waals surface area contributed by atoms with Gasteiger partial charge in [0.2, 0.25) is 0 Å². The van der Waals surface area contributed by atoms with Gasteiger partial charge >= 0.3 is 0 Å². The minimum absolute atomic E-state index is 0.814. The summed E-state index contributed by atoms with van der Waals surface area (Å²) in [5.41, 5.74) is 16.9. The summed E-state index contributed by atoms with van der Waals surface area (Å²) in [5, 5.41) is 2.37.